The van der Waals surface area contributed by atoms with Crippen LogP contribution in [0.15, 0.2) is 17.1 Å². The first-order valence-electron chi connectivity index (χ1n) is 6.18. The summed E-state index contributed by atoms with van der Waals surface area (Å²) in [6, 6.07) is 2.27. The summed E-state index contributed by atoms with van der Waals surface area (Å²) in [5, 5.41) is 0.195. The second-order valence-electron chi connectivity index (χ2n) is 5.52. The summed E-state index contributed by atoms with van der Waals surface area (Å²) in [6.45, 7) is 1.08. The van der Waals surface area contributed by atoms with E-state index >= 15 is 0 Å². The summed E-state index contributed by atoms with van der Waals surface area (Å²) >= 11 is 1.18. The summed E-state index contributed by atoms with van der Waals surface area (Å²) < 4.78 is 40.3. The van der Waals surface area contributed by atoms with Crippen LogP contribution in [0.3, 0.4) is 0 Å². The Morgan fingerprint density at radius 1 is 1.40 bits per heavy atom. The predicted molar refractivity (Wildman–Crippen MR) is 74.1 cm³/mol. The van der Waals surface area contributed by atoms with Gasteiger partial charge in [0.25, 0.3) is 0 Å². The molecule has 2 aliphatic rings. The minimum absolute atomic E-state index is 0.0403. The van der Waals surface area contributed by atoms with Crippen LogP contribution < -0.4 is 11.5 Å². The molecule has 0 bridgehead atoms. The molecular weight excluding hydrogens is 287 g/mol. The van der Waals surface area contributed by atoms with Gasteiger partial charge >= 0.3 is 0 Å². The summed E-state index contributed by atoms with van der Waals surface area (Å²) in [6.07, 6.45) is 0.532. The van der Waals surface area contributed by atoms with Crippen molar-refractivity contribution < 1.29 is 13.2 Å². The molecule has 4 N–H and O–H groups in total. The number of hydrogen-bond acceptors (Lipinski definition) is 4. The largest absolute Gasteiger partial charge is 0.399 e. The zero-order chi connectivity index (χ0) is 14.7. The van der Waals surface area contributed by atoms with Gasteiger partial charge in [-0.2, -0.15) is 0 Å². The number of alkyl halides is 1. The summed E-state index contributed by atoms with van der Waals surface area (Å²) in [4.78, 5) is 4.27. The van der Waals surface area contributed by atoms with E-state index in [9.17, 15) is 13.2 Å². The van der Waals surface area contributed by atoms with Crippen molar-refractivity contribution in [1.82, 2.24) is 0 Å². The Labute approximate surface area is 118 Å². The number of anilines is 1. The van der Waals surface area contributed by atoms with E-state index in [2.05, 4.69) is 4.99 Å². The van der Waals surface area contributed by atoms with Gasteiger partial charge in [0.15, 0.2) is 16.8 Å². The predicted octanol–water partition coefficient (Wildman–Crippen LogP) is 2.55. The number of thioether (sulfide) groups is 1. The standard InChI is InChI=1S/C13H14F3N3S/c1-12(7-2-6(17)3-8(15)10(7)16)9-4-13(9,5-14)20-11(18)19-12/h2-3,9H,4-5,17H2,1H3,(H2,18,19)/t9?,12-,13-/m1/s1. The third kappa shape index (κ3) is 1.72. The van der Waals surface area contributed by atoms with Crippen LogP contribution in [0.4, 0.5) is 18.9 Å². The number of benzene rings is 1. The van der Waals surface area contributed by atoms with Crippen LogP contribution >= 0.6 is 11.8 Å². The molecule has 1 aromatic rings. The maximum Gasteiger partial charge on any atom is 0.164 e. The van der Waals surface area contributed by atoms with Crippen LogP contribution in [-0.2, 0) is 5.54 Å². The maximum absolute atomic E-state index is 14.1. The second-order valence-corrected chi connectivity index (χ2v) is 6.95. The van der Waals surface area contributed by atoms with Crippen LogP contribution in [0.2, 0.25) is 0 Å². The van der Waals surface area contributed by atoms with Crippen molar-refractivity contribution in [3.8, 4) is 0 Å². The monoisotopic (exact) mass is 301 g/mol. The minimum atomic E-state index is -1.08. The van der Waals surface area contributed by atoms with Crippen molar-refractivity contribution >= 4 is 22.6 Å². The van der Waals surface area contributed by atoms with E-state index < -0.39 is 28.6 Å². The lowest BCUT2D eigenvalue weighted by Gasteiger charge is -2.33. The second kappa shape index (κ2) is 4.07. The Morgan fingerprint density at radius 3 is 2.75 bits per heavy atom. The highest BCUT2D eigenvalue weighted by Crippen LogP contribution is 2.66. The molecule has 3 nitrogen and oxygen atoms in total. The van der Waals surface area contributed by atoms with Gasteiger partial charge in [-0.25, -0.2) is 13.2 Å². The Hall–Kier alpha value is -1.37. The first-order chi connectivity index (χ1) is 9.32. The van der Waals surface area contributed by atoms with Crippen LogP contribution in [0, 0.1) is 17.6 Å². The van der Waals surface area contributed by atoms with Crippen molar-refractivity contribution in [2.24, 2.45) is 16.6 Å². The highest BCUT2D eigenvalue weighted by atomic mass is 32.2. The summed E-state index contributed by atoms with van der Waals surface area (Å²) in [7, 11) is 0. The molecule has 0 aromatic heterocycles. The average molecular weight is 301 g/mol. The molecule has 3 rings (SSSR count). The van der Waals surface area contributed by atoms with Gasteiger partial charge < -0.3 is 11.5 Å². The number of aliphatic imine (C=N–C) groups is 1. The zero-order valence-corrected chi connectivity index (χ0v) is 11.6. The third-order valence-electron chi connectivity index (χ3n) is 4.18. The number of amidine groups is 1. The highest BCUT2D eigenvalue weighted by Gasteiger charge is 2.66. The fraction of sp³-hybridized carbons (Fsp3) is 0.462. The summed E-state index contributed by atoms with van der Waals surface area (Å²) in [5.74, 6) is -2.24. The number of nitrogens with zero attached hydrogens (tertiary/aromatic N) is 1. The van der Waals surface area contributed by atoms with Gasteiger partial charge in [-0.3, -0.25) is 4.99 Å². The lowest BCUT2D eigenvalue weighted by molar-refractivity contribution is 0.357. The third-order valence-corrected chi connectivity index (χ3v) is 5.44. The quantitative estimate of drug-likeness (QED) is 0.825. The Bertz CT molecular complexity index is 621. The molecule has 1 unspecified atom stereocenters. The molecule has 1 aliphatic heterocycles. The number of nitrogens with two attached hydrogens (primary N) is 2. The molecule has 7 heteroatoms. The van der Waals surface area contributed by atoms with Crippen molar-refractivity contribution in [2.45, 2.75) is 23.6 Å². The van der Waals surface area contributed by atoms with Gasteiger partial charge in [-0.1, -0.05) is 11.8 Å². The van der Waals surface area contributed by atoms with Gasteiger partial charge in [0.05, 0.1) is 10.3 Å². The normalized spacial score (nSPS) is 35.4. The zero-order valence-electron chi connectivity index (χ0n) is 10.8. The fourth-order valence-corrected chi connectivity index (χ4v) is 4.38. The van der Waals surface area contributed by atoms with Crippen molar-refractivity contribution in [3.05, 3.63) is 29.3 Å². The summed E-state index contributed by atoms with van der Waals surface area (Å²) in [5.41, 5.74) is 10.4. The van der Waals surface area contributed by atoms with E-state index in [0.717, 1.165) is 6.07 Å². The molecule has 0 amide bonds. The van der Waals surface area contributed by atoms with Gasteiger partial charge in [0.1, 0.15) is 6.67 Å². The van der Waals surface area contributed by atoms with Crippen LogP contribution in [-0.4, -0.2) is 16.6 Å². The molecule has 0 saturated heterocycles. The first kappa shape index (κ1) is 13.6. The molecule has 3 atom stereocenters. The molecule has 1 aliphatic carbocycles. The van der Waals surface area contributed by atoms with Gasteiger partial charge in [-0.05, 0) is 25.5 Å². The van der Waals surface area contributed by atoms with Crippen molar-refractivity contribution in [3.63, 3.8) is 0 Å². The van der Waals surface area contributed by atoms with Crippen LogP contribution in [0.25, 0.3) is 0 Å². The van der Waals surface area contributed by atoms with E-state index in [4.69, 9.17) is 11.5 Å². The molecule has 0 spiro atoms. The Morgan fingerprint density at radius 2 is 2.10 bits per heavy atom. The number of halogens is 3. The molecular formula is C13H14F3N3S. The molecule has 1 saturated carbocycles. The SMILES string of the molecule is C[C@]1(c2cc(N)cc(F)c2F)N=C(N)S[C@@]2(CF)CC21. The fourth-order valence-electron chi connectivity index (χ4n) is 3.05. The molecule has 1 fully saturated rings. The highest BCUT2D eigenvalue weighted by molar-refractivity contribution is 8.15. The van der Waals surface area contributed by atoms with E-state index in [1.54, 1.807) is 6.92 Å². The first-order valence-corrected chi connectivity index (χ1v) is 6.99. The molecule has 108 valence electrons. The van der Waals surface area contributed by atoms with Crippen molar-refractivity contribution in [2.75, 3.05) is 12.4 Å². The van der Waals surface area contributed by atoms with E-state index in [-0.39, 0.29) is 22.3 Å². The van der Waals surface area contributed by atoms with E-state index in [1.165, 1.54) is 17.8 Å². The number of hydrogen-bond donors (Lipinski definition) is 2. The average Bonchev–Trinajstić information content (AvgIpc) is 3.09. The molecule has 20 heavy (non-hydrogen) atoms. The minimum Gasteiger partial charge on any atom is -0.399 e. The van der Waals surface area contributed by atoms with Gasteiger partial charge in [0, 0.05) is 17.2 Å². The lowest BCUT2D eigenvalue weighted by atomic mass is 9.85. The van der Waals surface area contributed by atoms with Gasteiger partial charge in [0.2, 0.25) is 0 Å². The molecule has 0 radical (unpaired) electrons. The lowest BCUT2D eigenvalue weighted by Crippen LogP contribution is -2.37. The van der Waals surface area contributed by atoms with Crippen molar-refractivity contribution in [1.29, 1.82) is 0 Å². The smallest absolute Gasteiger partial charge is 0.164 e. The Kier molecular flexibility index (Phi) is 2.77. The maximum atomic E-state index is 14.1. The van der Waals surface area contributed by atoms with Crippen LogP contribution in [0.5, 0.6) is 0 Å². The van der Waals surface area contributed by atoms with Crippen LogP contribution in [0.1, 0.15) is 18.9 Å². The molecule has 1 heterocycles. The van der Waals surface area contributed by atoms with E-state index in [0.29, 0.717) is 6.42 Å². The Balaban J connectivity index is 2.16. The molecule has 1 aromatic carbocycles. The topological polar surface area (TPSA) is 64.4 Å². The van der Waals surface area contributed by atoms with Gasteiger partial charge in [-0.15, -0.1) is 0 Å². The number of rotatable bonds is 2. The van der Waals surface area contributed by atoms with E-state index in [1.807, 2.05) is 0 Å². The number of fused-ring (bicyclic) bond motifs is 1. The number of nitrogen functional groups attached to an aromatic ring is 1.